The van der Waals surface area contributed by atoms with E-state index in [4.69, 9.17) is 5.11 Å². The van der Waals surface area contributed by atoms with Crippen molar-refractivity contribution < 1.29 is 9.90 Å². The molecular weight excluding hydrogens is 212 g/mol. The molecule has 0 aromatic heterocycles. The Morgan fingerprint density at radius 3 is 2.41 bits per heavy atom. The van der Waals surface area contributed by atoms with E-state index in [1.54, 1.807) is 18.2 Å². The lowest BCUT2D eigenvalue weighted by Gasteiger charge is -2.03. The van der Waals surface area contributed by atoms with Gasteiger partial charge in [0.2, 0.25) is 0 Å². The second-order valence-electron chi connectivity index (χ2n) is 4.17. The summed E-state index contributed by atoms with van der Waals surface area (Å²) in [5.74, 6) is -0.879. The van der Waals surface area contributed by atoms with E-state index in [1.165, 1.54) is 11.1 Å². The van der Waals surface area contributed by atoms with Crippen molar-refractivity contribution in [1.82, 2.24) is 0 Å². The predicted molar refractivity (Wildman–Crippen MR) is 67.4 cm³/mol. The Hall–Kier alpha value is -2.09. The van der Waals surface area contributed by atoms with E-state index in [9.17, 15) is 4.79 Å². The summed E-state index contributed by atoms with van der Waals surface area (Å²) in [6.07, 6.45) is 0.765. The standard InChI is InChI=1S/C15H14O2/c1-11-5-7-12(8-6-11)9-13-3-2-4-14(10-13)15(16)17/h2-8,10H,9H2,1H3,(H,16,17). The average molecular weight is 226 g/mol. The van der Waals surface area contributed by atoms with Crippen molar-refractivity contribution in [2.75, 3.05) is 0 Å². The van der Waals surface area contributed by atoms with Crippen LogP contribution >= 0.6 is 0 Å². The fourth-order valence-corrected chi connectivity index (χ4v) is 1.76. The summed E-state index contributed by atoms with van der Waals surface area (Å²) in [4.78, 5) is 10.9. The molecule has 0 amide bonds. The van der Waals surface area contributed by atoms with Gasteiger partial charge >= 0.3 is 5.97 Å². The van der Waals surface area contributed by atoms with E-state index in [2.05, 4.69) is 31.2 Å². The predicted octanol–water partition coefficient (Wildman–Crippen LogP) is 3.28. The van der Waals surface area contributed by atoms with E-state index in [0.717, 1.165) is 12.0 Å². The van der Waals surface area contributed by atoms with Crippen LogP contribution in [0, 0.1) is 6.92 Å². The van der Waals surface area contributed by atoms with Gasteiger partial charge in [-0.3, -0.25) is 0 Å². The molecule has 0 unspecified atom stereocenters. The summed E-state index contributed by atoms with van der Waals surface area (Å²) in [7, 11) is 0. The molecule has 0 heterocycles. The lowest BCUT2D eigenvalue weighted by Crippen LogP contribution is -1.97. The molecule has 86 valence electrons. The van der Waals surface area contributed by atoms with Crippen LogP contribution in [0.1, 0.15) is 27.0 Å². The number of aryl methyl sites for hydroxylation is 1. The van der Waals surface area contributed by atoms with Crippen LogP contribution in [0.2, 0.25) is 0 Å². The molecule has 0 aliphatic carbocycles. The number of carboxylic acid groups (broad SMARTS) is 1. The van der Waals surface area contributed by atoms with Crippen LogP contribution in [0.25, 0.3) is 0 Å². The Morgan fingerprint density at radius 2 is 1.76 bits per heavy atom. The Labute approximate surface area is 101 Å². The van der Waals surface area contributed by atoms with Gasteiger partial charge in [-0.05, 0) is 36.6 Å². The molecule has 0 saturated heterocycles. The highest BCUT2D eigenvalue weighted by Gasteiger charge is 2.03. The number of hydrogen-bond acceptors (Lipinski definition) is 1. The zero-order chi connectivity index (χ0) is 12.3. The summed E-state index contributed by atoms with van der Waals surface area (Å²) in [6.45, 7) is 2.05. The average Bonchev–Trinajstić information content (AvgIpc) is 2.32. The minimum absolute atomic E-state index is 0.342. The number of hydrogen-bond donors (Lipinski definition) is 1. The molecule has 2 heteroatoms. The Balaban J connectivity index is 2.21. The molecule has 2 rings (SSSR count). The Kier molecular flexibility index (Phi) is 3.24. The molecule has 0 fully saturated rings. The molecule has 2 aromatic rings. The van der Waals surface area contributed by atoms with Gasteiger partial charge in [-0.1, -0.05) is 42.0 Å². The van der Waals surface area contributed by atoms with Gasteiger partial charge < -0.3 is 5.11 Å². The molecule has 0 bridgehead atoms. The van der Waals surface area contributed by atoms with Gasteiger partial charge in [0, 0.05) is 0 Å². The van der Waals surface area contributed by atoms with Crippen molar-refractivity contribution in [1.29, 1.82) is 0 Å². The molecule has 2 nitrogen and oxygen atoms in total. The van der Waals surface area contributed by atoms with Crippen LogP contribution in [-0.2, 0) is 6.42 Å². The van der Waals surface area contributed by atoms with Crippen LogP contribution in [0.15, 0.2) is 48.5 Å². The first-order valence-corrected chi connectivity index (χ1v) is 5.53. The first-order chi connectivity index (χ1) is 8.15. The smallest absolute Gasteiger partial charge is 0.335 e. The maximum absolute atomic E-state index is 10.9. The largest absolute Gasteiger partial charge is 0.478 e. The second kappa shape index (κ2) is 4.83. The minimum Gasteiger partial charge on any atom is -0.478 e. The van der Waals surface area contributed by atoms with Gasteiger partial charge in [0.25, 0.3) is 0 Å². The van der Waals surface area contributed by atoms with Crippen molar-refractivity contribution in [2.24, 2.45) is 0 Å². The molecule has 0 saturated carbocycles. The van der Waals surface area contributed by atoms with Crippen LogP contribution in [0.5, 0.6) is 0 Å². The number of carbonyl (C=O) groups is 1. The third-order valence-electron chi connectivity index (χ3n) is 2.70. The third-order valence-corrected chi connectivity index (χ3v) is 2.70. The van der Waals surface area contributed by atoms with E-state index < -0.39 is 5.97 Å². The highest BCUT2D eigenvalue weighted by Crippen LogP contribution is 2.12. The summed E-state index contributed by atoms with van der Waals surface area (Å²) in [5.41, 5.74) is 3.79. The van der Waals surface area contributed by atoms with Gasteiger partial charge in [-0.15, -0.1) is 0 Å². The van der Waals surface area contributed by atoms with E-state index >= 15 is 0 Å². The van der Waals surface area contributed by atoms with Crippen LogP contribution in [0.3, 0.4) is 0 Å². The molecule has 0 atom stereocenters. The van der Waals surface area contributed by atoms with Crippen molar-refractivity contribution in [3.05, 3.63) is 70.8 Å². The molecule has 17 heavy (non-hydrogen) atoms. The van der Waals surface area contributed by atoms with Crippen LogP contribution in [0.4, 0.5) is 0 Å². The maximum atomic E-state index is 10.9. The Bertz CT molecular complexity index is 527. The lowest BCUT2D eigenvalue weighted by molar-refractivity contribution is 0.0697. The summed E-state index contributed by atoms with van der Waals surface area (Å²) >= 11 is 0. The van der Waals surface area contributed by atoms with Crippen molar-refractivity contribution in [2.45, 2.75) is 13.3 Å². The highest BCUT2D eigenvalue weighted by molar-refractivity contribution is 5.87. The summed E-state index contributed by atoms with van der Waals surface area (Å²) in [6, 6.07) is 15.3. The molecule has 0 spiro atoms. The van der Waals surface area contributed by atoms with Gasteiger partial charge in [-0.2, -0.15) is 0 Å². The van der Waals surface area contributed by atoms with Crippen molar-refractivity contribution in [3.8, 4) is 0 Å². The van der Waals surface area contributed by atoms with Gasteiger partial charge in [0.1, 0.15) is 0 Å². The molecule has 0 aliphatic rings. The highest BCUT2D eigenvalue weighted by atomic mass is 16.4. The summed E-state index contributed by atoms with van der Waals surface area (Å²) < 4.78 is 0. The maximum Gasteiger partial charge on any atom is 0.335 e. The molecule has 2 aromatic carbocycles. The number of aromatic carboxylic acids is 1. The monoisotopic (exact) mass is 226 g/mol. The van der Waals surface area contributed by atoms with Gasteiger partial charge in [-0.25, -0.2) is 4.79 Å². The zero-order valence-electron chi connectivity index (χ0n) is 9.68. The zero-order valence-corrected chi connectivity index (χ0v) is 9.68. The molecular formula is C15H14O2. The number of carboxylic acids is 1. The first-order valence-electron chi connectivity index (χ1n) is 5.53. The normalized spacial score (nSPS) is 10.2. The third kappa shape index (κ3) is 2.94. The molecule has 0 radical (unpaired) electrons. The number of rotatable bonds is 3. The fourth-order valence-electron chi connectivity index (χ4n) is 1.76. The molecule has 1 N–H and O–H groups in total. The fraction of sp³-hybridized carbons (Fsp3) is 0.133. The Morgan fingerprint density at radius 1 is 1.06 bits per heavy atom. The number of benzene rings is 2. The first kappa shape index (κ1) is 11.4. The lowest BCUT2D eigenvalue weighted by atomic mass is 10.0. The van der Waals surface area contributed by atoms with Crippen LogP contribution < -0.4 is 0 Å². The van der Waals surface area contributed by atoms with Crippen molar-refractivity contribution >= 4 is 5.97 Å². The quantitative estimate of drug-likeness (QED) is 0.872. The topological polar surface area (TPSA) is 37.3 Å². The van der Waals surface area contributed by atoms with E-state index in [1.807, 2.05) is 6.07 Å². The van der Waals surface area contributed by atoms with Gasteiger partial charge in [0.15, 0.2) is 0 Å². The van der Waals surface area contributed by atoms with E-state index in [-0.39, 0.29) is 0 Å². The second-order valence-corrected chi connectivity index (χ2v) is 4.17. The van der Waals surface area contributed by atoms with Crippen LogP contribution in [-0.4, -0.2) is 11.1 Å². The van der Waals surface area contributed by atoms with E-state index in [0.29, 0.717) is 5.56 Å². The molecule has 0 aliphatic heterocycles. The summed E-state index contributed by atoms with van der Waals surface area (Å²) in [5, 5.41) is 8.91. The minimum atomic E-state index is -0.879. The van der Waals surface area contributed by atoms with Crippen molar-refractivity contribution in [3.63, 3.8) is 0 Å². The SMILES string of the molecule is Cc1ccc(Cc2cccc(C(=O)O)c2)cc1. The van der Waals surface area contributed by atoms with Gasteiger partial charge in [0.05, 0.1) is 5.56 Å².